The fraction of sp³-hybridized carbons (Fsp3) is 0.735. The quantitative estimate of drug-likeness (QED) is 0.355. The fourth-order valence-electron chi connectivity index (χ4n) is 10.8. The van der Waals surface area contributed by atoms with Crippen LogP contribution in [0.15, 0.2) is 23.0 Å². The Morgan fingerprint density at radius 1 is 0.957 bits per heavy atom. The van der Waals surface area contributed by atoms with Crippen molar-refractivity contribution in [3.63, 3.8) is 0 Å². The molecule has 5 fully saturated rings. The first kappa shape index (κ1) is 32.8. The third-order valence-corrected chi connectivity index (χ3v) is 12.4. The highest BCUT2D eigenvalue weighted by Crippen LogP contribution is 2.75. The maximum Gasteiger partial charge on any atom is 0.310 e. The Morgan fingerprint density at radius 3 is 2.22 bits per heavy atom. The Kier molecular flexibility index (Phi) is 7.65. The smallest absolute Gasteiger partial charge is 0.310 e. The Balaban J connectivity index is 1.55. The van der Waals surface area contributed by atoms with E-state index in [0.29, 0.717) is 0 Å². The van der Waals surface area contributed by atoms with E-state index in [-0.39, 0.29) is 43.4 Å². The molecule has 5 aliphatic rings. The molecule has 2 N–H and O–H groups in total. The van der Waals surface area contributed by atoms with E-state index >= 15 is 0 Å². The summed E-state index contributed by atoms with van der Waals surface area (Å²) in [5, 5.41) is 24.7. The van der Waals surface area contributed by atoms with Crippen LogP contribution in [0.2, 0.25) is 0 Å². The molecule has 12 heteroatoms. The summed E-state index contributed by atoms with van der Waals surface area (Å²) >= 11 is 0. The van der Waals surface area contributed by atoms with Gasteiger partial charge in [0.25, 0.3) is 0 Å². The lowest BCUT2D eigenvalue weighted by molar-refractivity contribution is -0.387. The van der Waals surface area contributed by atoms with Gasteiger partial charge in [0.15, 0.2) is 12.2 Å². The van der Waals surface area contributed by atoms with E-state index in [9.17, 15) is 34.2 Å². The van der Waals surface area contributed by atoms with Gasteiger partial charge in [-0.2, -0.15) is 0 Å². The number of fused-ring (bicyclic) bond motifs is 3. The van der Waals surface area contributed by atoms with Crippen molar-refractivity contribution >= 4 is 29.5 Å². The molecular weight excluding hydrogens is 600 g/mol. The van der Waals surface area contributed by atoms with Crippen LogP contribution in [0.1, 0.15) is 79.2 Å². The summed E-state index contributed by atoms with van der Waals surface area (Å²) < 4.78 is 29.0. The number of ketones is 2. The minimum atomic E-state index is -1.60. The second-order valence-corrected chi connectivity index (χ2v) is 15.2. The van der Waals surface area contributed by atoms with Gasteiger partial charge in [0, 0.05) is 55.3 Å². The van der Waals surface area contributed by atoms with Gasteiger partial charge >= 0.3 is 17.9 Å². The van der Waals surface area contributed by atoms with Crippen molar-refractivity contribution in [1.82, 2.24) is 0 Å². The van der Waals surface area contributed by atoms with Gasteiger partial charge in [-0.15, -0.1) is 0 Å². The molecule has 2 bridgehead atoms. The predicted octanol–water partition coefficient (Wildman–Crippen LogP) is 2.72. The molecule has 1 saturated heterocycles. The third kappa shape index (κ3) is 4.18. The molecular formula is C34H44O12. The van der Waals surface area contributed by atoms with Gasteiger partial charge in [0.05, 0.1) is 36.6 Å². The Bertz CT molecular complexity index is 1450. The van der Waals surface area contributed by atoms with Crippen molar-refractivity contribution in [3.8, 4) is 0 Å². The van der Waals surface area contributed by atoms with E-state index in [0.717, 1.165) is 12.5 Å². The van der Waals surface area contributed by atoms with Gasteiger partial charge < -0.3 is 33.6 Å². The number of furan rings is 1. The summed E-state index contributed by atoms with van der Waals surface area (Å²) in [5.74, 6) is -6.02. The first-order valence-electron chi connectivity index (χ1n) is 16.1. The average molecular weight is 645 g/mol. The molecule has 4 saturated carbocycles. The van der Waals surface area contributed by atoms with Crippen LogP contribution in [-0.4, -0.2) is 77.0 Å². The van der Waals surface area contributed by atoms with Crippen LogP contribution >= 0.6 is 0 Å². The molecule has 4 aliphatic carbocycles. The van der Waals surface area contributed by atoms with Crippen LogP contribution in [0.5, 0.6) is 0 Å². The van der Waals surface area contributed by atoms with E-state index in [4.69, 9.17) is 23.4 Å². The van der Waals surface area contributed by atoms with Crippen molar-refractivity contribution in [2.75, 3.05) is 6.61 Å². The number of ether oxygens (including phenoxy) is 4. The Hall–Kier alpha value is -3.09. The highest BCUT2D eigenvalue weighted by atomic mass is 16.7. The zero-order chi connectivity index (χ0) is 33.7. The zero-order valence-electron chi connectivity index (χ0n) is 27.3. The molecule has 0 radical (unpaired) electrons. The second-order valence-electron chi connectivity index (χ2n) is 15.2. The predicted molar refractivity (Wildman–Crippen MR) is 156 cm³/mol. The number of carbonyl (C=O) groups is 5. The van der Waals surface area contributed by atoms with Crippen molar-refractivity contribution in [2.45, 2.75) is 104 Å². The largest absolute Gasteiger partial charge is 0.472 e. The third-order valence-electron chi connectivity index (χ3n) is 12.4. The molecule has 252 valence electrons. The molecule has 0 spiro atoms. The number of rotatable bonds is 5. The minimum absolute atomic E-state index is 0.0124. The SMILES string of the molecule is CC(=O)O[C@H]1[C@@H](OC(C)=O)[C@]2(C)[C@H](OC(=O)C(C)C)OC[C@]3([C@H]1O)[C@H]2C[C@@H](O)[C@@]1(C)[C@@H]2C(=O)C[C@@H](c4ccoc4)[C@]2(C)CC(=O)[C@@H]13. The molecule has 12 nitrogen and oxygen atoms in total. The first-order chi connectivity index (χ1) is 21.4. The monoisotopic (exact) mass is 644 g/mol. The van der Waals surface area contributed by atoms with E-state index in [2.05, 4.69) is 0 Å². The lowest BCUT2D eigenvalue weighted by atomic mass is 9.33. The fourth-order valence-corrected chi connectivity index (χ4v) is 10.8. The lowest BCUT2D eigenvalue weighted by Gasteiger charge is -2.73. The maximum atomic E-state index is 14.8. The maximum absolute atomic E-state index is 14.8. The zero-order valence-corrected chi connectivity index (χ0v) is 27.3. The molecule has 1 aliphatic heterocycles. The van der Waals surface area contributed by atoms with E-state index in [1.807, 2.05) is 6.92 Å². The molecule has 0 amide bonds. The van der Waals surface area contributed by atoms with E-state index in [1.54, 1.807) is 40.0 Å². The first-order valence-corrected chi connectivity index (χ1v) is 16.1. The van der Waals surface area contributed by atoms with Crippen molar-refractivity contribution in [3.05, 3.63) is 24.2 Å². The summed E-state index contributed by atoms with van der Waals surface area (Å²) in [6.45, 7) is 10.6. The number of esters is 3. The Labute approximate surface area is 267 Å². The molecule has 1 aromatic heterocycles. The van der Waals surface area contributed by atoms with Gasteiger partial charge in [-0.1, -0.05) is 27.7 Å². The molecule has 6 rings (SSSR count). The molecule has 0 unspecified atom stereocenters. The number of Topliss-reactive ketones (excluding diaryl/α,β-unsaturated/α-hetero) is 2. The van der Waals surface area contributed by atoms with Gasteiger partial charge in [-0.3, -0.25) is 24.0 Å². The van der Waals surface area contributed by atoms with E-state index in [1.165, 1.54) is 13.2 Å². The molecule has 2 heterocycles. The molecule has 13 atom stereocenters. The standard InChI is InChI=1S/C34H44O12/c1-15(2)29(41)46-30-32(6)22-11-23(39)33(7)25-20(37)10-19(18-8-9-42-13-18)31(25,5)12-21(38)26(33)34(22,14-43-30)27(40)24(44-16(3)35)28(32)45-17(4)36/h8-9,13,15,19,22-28,30,39-40H,10-12,14H2,1-7H3/t19-,22-,23+,24+,25+,26-,27-,28+,30-,31-,32+,33-,34-/m0/s1. The van der Waals surface area contributed by atoms with Crippen LogP contribution in [0.4, 0.5) is 0 Å². The molecule has 46 heavy (non-hydrogen) atoms. The lowest BCUT2D eigenvalue weighted by Crippen LogP contribution is -2.82. The molecule has 1 aromatic rings. The summed E-state index contributed by atoms with van der Waals surface area (Å²) in [5.41, 5.74) is -4.40. The van der Waals surface area contributed by atoms with Crippen molar-refractivity contribution in [1.29, 1.82) is 0 Å². The minimum Gasteiger partial charge on any atom is -0.472 e. The van der Waals surface area contributed by atoms with Crippen LogP contribution in [0, 0.1) is 45.3 Å². The highest BCUT2D eigenvalue weighted by molar-refractivity contribution is 5.94. The van der Waals surface area contributed by atoms with Crippen LogP contribution in [0.25, 0.3) is 0 Å². The summed E-state index contributed by atoms with van der Waals surface area (Å²) in [6.07, 6.45) is -3.77. The second kappa shape index (κ2) is 10.7. The van der Waals surface area contributed by atoms with Gasteiger partial charge in [0.1, 0.15) is 17.7 Å². The topological polar surface area (TPSA) is 176 Å². The van der Waals surface area contributed by atoms with Crippen molar-refractivity contribution in [2.24, 2.45) is 45.3 Å². The average Bonchev–Trinajstić information content (AvgIpc) is 3.57. The highest BCUT2D eigenvalue weighted by Gasteiger charge is 2.82. The number of carbonyl (C=O) groups excluding carboxylic acids is 5. The number of hydrogen-bond acceptors (Lipinski definition) is 12. The normalized spacial score (nSPS) is 46.2. The van der Waals surface area contributed by atoms with Crippen molar-refractivity contribution < 1.29 is 57.6 Å². The van der Waals surface area contributed by atoms with Crippen LogP contribution < -0.4 is 0 Å². The summed E-state index contributed by atoms with van der Waals surface area (Å²) in [4.78, 5) is 66.9. The van der Waals surface area contributed by atoms with E-state index < -0.39 is 93.9 Å². The number of hydrogen-bond donors (Lipinski definition) is 2. The summed E-state index contributed by atoms with van der Waals surface area (Å²) in [6, 6.07) is 1.79. The number of aliphatic hydroxyl groups is 2. The van der Waals surface area contributed by atoms with Gasteiger partial charge in [-0.05, 0) is 36.3 Å². The van der Waals surface area contributed by atoms with Crippen LogP contribution in [-0.2, 0) is 42.9 Å². The van der Waals surface area contributed by atoms with Crippen LogP contribution in [0.3, 0.4) is 0 Å². The van der Waals surface area contributed by atoms with Gasteiger partial charge in [-0.25, -0.2) is 0 Å². The number of aliphatic hydroxyl groups excluding tert-OH is 2. The summed E-state index contributed by atoms with van der Waals surface area (Å²) in [7, 11) is 0. The Morgan fingerprint density at radius 2 is 1.63 bits per heavy atom. The van der Waals surface area contributed by atoms with Gasteiger partial charge in [0.2, 0.25) is 6.29 Å². The molecule has 0 aromatic carbocycles.